The molecule has 0 saturated carbocycles. The maximum atomic E-state index is 14.2. The van der Waals surface area contributed by atoms with Crippen molar-refractivity contribution in [2.75, 3.05) is 13.7 Å². The molecule has 0 radical (unpaired) electrons. The van der Waals surface area contributed by atoms with Crippen LogP contribution in [0, 0.1) is 12.7 Å². The fraction of sp³-hybridized carbons (Fsp3) is 0.286. The van der Waals surface area contributed by atoms with E-state index in [2.05, 4.69) is 9.72 Å². The zero-order valence-corrected chi connectivity index (χ0v) is 17.1. The van der Waals surface area contributed by atoms with Crippen LogP contribution in [0.25, 0.3) is 10.9 Å². The molecule has 0 unspecified atom stereocenters. The highest BCUT2D eigenvalue weighted by molar-refractivity contribution is 5.84. The molecule has 1 aromatic carbocycles. The summed E-state index contributed by atoms with van der Waals surface area (Å²) in [5, 5.41) is -0.0849. The van der Waals surface area contributed by atoms with Crippen molar-refractivity contribution in [3.05, 3.63) is 75.1 Å². The number of hydrogen-bond acceptors (Lipinski definition) is 5. The van der Waals surface area contributed by atoms with Crippen LogP contribution in [0.5, 0.6) is 0 Å². The molecule has 0 spiro atoms. The second-order valence-electron chi connectivity index (χ2n) is 6.56. The summed E-state index contributed by atoms with van der Waals surface area (Å²) in [5.41, 5.74) is 2.78. The van der Waals surface area contributed by atoms with Crippen molar-refractivity contribution in [1.29, 1.82) is 0 Å². The molecule has 3 rings (SSSR count). The fourth-order valence-corrected chi connectivity index (χ4v) is 3.06. The maximum absolute atomic E-state index is 14.2. The van der Waals surface area contributed by atoms with Crippen LogP contribution in [0.3, 0.4) is 0 Å². The average Bonchev–Trinajstić information content (AvgIpc) is 2.74. The number of esters is 1. The van der Waals surface area contributed by atoms with Crippen LogP contribution in [0.15, 0.2) is 41.3 Å². The molecule has 0 aliphatic heterocycles. The number of methoxy groups -OCH3 is 1. The number of rotatable bonds is 3. The third kappa shape index (κ3) is 5.26. The minimum Gasteiger partial charge on any atom is -0.468 e. The van der Waals surface area contributed by atoms with Gasteiger partial charge in [0.1, 0.15) is 5.82 Å². The first-order chi connectivity index (χ1) is 14.5. The van der Waals surface area contributed by atoms with Gasteiger partial charge in [0.05, 0.1) is 30.4 Å². The van der Waals surface area contributed by atoms with Crippen molar-refractivity contribution < 1.29 is 27.1 Å². The molecule has 2 heterocycles. The van der Waals surface area contributed by atoms with Crippen LogP contribution in [0.2, 0.25) is 0 Å². The summed E-state index contributed by atoms with van der Waals surface area (Å²) in [4.78, 5) is 26.2. The lowest BCUT2D eigenvalue weighted by Crippen LogP contribution is -2.27. The number of fused-ring (bicyclic) bond motifs is 1. The van der Waals surface area contributed by atoms with E-state index in [0.29, 0.717) is 0 Å². The Balaban J connectivity index is 0.000000501. The van der Waals surface area contributed by atoms with Crippen LogP contribution in [0.4, 0.5) is 17.6 Å². The lowest BCUT2D eigenvalue weighted by atomic mass is 9.96. The third-order valence-electron chi connectivity index (χ3n) is 4.59. The van der Waals surface area contributed by atoms with Gasteiger partial charge in [-0.1, -0.05) is 18.2 Å². The Kier molecular flexibility index (Phi) is 7.50. The van der Waals surface area contributed by atoms with E-state index in [1.54, 1.807) is 6.07 Å². The van der Waals surface area contributed by atoms with E-state index >= 15 is 0 Å². The summed E-state index contributed by atoms with van der Waals surface area (Å²) < 4.78 is 60.7. The molecule has 31 heavy (non-hydrogen) atoms. The minimum absolute atomic E-state index is 0.00498. The number of halogens is 4. The first-order valence-electron chi connectivity index (χ1n) is 9.07. The normalized spacial score (nSPS) is 11.1. The first kappa shape index (κ1) is 24.0. The van der Waals surface area contributed by atoms with E-state index < -0.39 is 35.1 Å². The Labute approximate surface area is 175 Å². The van der Waals surface area contributed by atoms with E-state index in [1.807, 2.05) is 0 Å². The summed E-state index contributed by atoms with van der Waals surface area (Å²) in [6.45, 7) is 1.39. The van der Waals surface area contributed by atoms with Gasteiger partial charge in [0, 0.05) is 30.6 Å². The van der Waals surface area contributed by atoms with Gasteiger partial charge in [0.25, 0.3) is 5.56 Å². The number of pyridine rings is 2. The number of ether oxygens (including phenoxy) is 1. The highest BCUT2D eigenvalue weighted by Crippen LogP contribution is 2.37. The highest BCUT2D eigenvalue weighted by atomic mass is 19.4. The topological polar surface area (TPSA) is 87.2 Å². The third-order valence-corrected chi connectivity index (χ3v) is 4.59. The predicted molar refractivity (Wildman–Crippen MR) is 107 cm³/mol. The standard InChI is InChI=1S/C18H14F4N2O.C3H7NO2/c1-10-16(19)11(7-8-23-10)9-13-15(18(20,21)22)12-5-3-4-6-14(12)24(2)17(13)25;1-6-3(5)2-4/h3-8H,9H2,1-2H3;2,4H2,1H3. The second-order valence-corrected chi connectivity index (χ2v) is 6.56. The molecule has 0 fully saturated rings. The second kappa shape index (κ2) is 9.69. The molecular formula is C21H21F4N3O3. The van der Waals surface area contributed by atoms with Crippen LogP contribution in [0.1, 0.15) is 22.4 Å². The summed E-state index contributed by atoms with van der Waals surface area (Å²) in [7, 11) is 2.71. The van der Waals surface area contributed by atoms with E-state index in [4.69, 9.17) is 5.73 Å². The smallest absolute Gasteiger partial charge is 0.417 e. The Morgan fingerprint density at radius 3 is 2.42 bits per heavy atom. The lowest BCUT2D eigenvalue weighted by Gasteiger charge is -2.18. The largest absolute Gasteiger partial charge is 0.468 e. The van der Waals surface area contributed by atoms with Crippen molar-refractivity contribution in [2.24, 2.45) is 12.8 Å². The zero-order chi connectivity index (χ0) is 23.3. The van der Waals surface area contributed by atoms with Gasteiger partial charge in [-0.25, -0.2) is 4.39 Å². The molecular weight excluding hydrogens is 418 g/mol. The Hall–Kier alpha value is -3.27. The van der Waals surface area contributed by atoms with Crippen molar-refractivity contribution in [3.63, 3.8) is 0 Å². The van der Waals surface area contributed by atoms with Crippen molar-refractivity contribution in [3.8, 4) is 0 Å². The van der Waals surface area contributed by atoms with E-state index in [0.717, 1.165) is 4.57 Å². The minimum atomic E-state index is -4.74. The molecule has 10 heteroatoms. The highest BCUT2D eigenvalue weighted by Gasteiger charge is 2.37. The van der Waals surface area contributed by atoms with Crippen LogP contribution in [-0.2, 0) is 29.2 Å². The monoisotopic (exact) mass is 439 g/mol. The maximum Gasteiger partial charge on any atom is 0.417 e. The van der Waals surface area contributed by atoms with E-state index in [9.17, 15) is 27.2 Å². The average molecular weight is 439 g/mol. The number of carbonyl (C=O) groups excluding carboxylic acids is 1. The van der Waals surface area contributed by atoms with Crippen molar-refractivity contribution in [1.82, 2.24) is 9.55 Å². The molecule has 2 N–H and O–H groups in total. The van der Waals surface area contributed by atoms with E-state index in [-0.39, 0.29) is 34.7 Å². The lowest BCUT2D eigenvalue weighted by molar-refractivity contribution is -0.139. The number of nitrogens with zero attached hydrogens (tertiary/aromatic N) is 2. The van der Waals surface area contributed by atoms with Gasteiger partial charge in [-0.05, 0) is 24.6 Å². The summed E-state index contributed by atoms with van der Waals surface area (Å²) in [6.07, 6.45) is -3.88. The Morgan fingerprint density at radius 2 is 1.87 bits per heavy atom. The summed E-state index contributed by atoms with van der Waals surface area (Å²) in [5.74, 6) is -1.08. The number of alkyl halides is 3. The number of hydrogen-bond donors (Lipinski definition) is 1. The number of aryl methyl sites for hydroxylation is 2. The van der Waals surface area contributed by atoms with Gasteiger partial charge < -0.3 is 15.0 Å². The zero-order valence-electron chi connectivity index (χ0n) is 17.1. The van der Waals surface area contributed by atoms with Crippen LogP contribution in [-0.4, -0.2) is 29.2 Å². The van der Waals surface area contributed by atoms with Gasteiger partial charge in [0.2, 0.25) is 0 Å². The molecule has 0 aliphatic rings. The van der Waals surface area contributed by atoms with Crippen LogP contribution < -0.4 is 11.3 Å². The number of para-hydroxylation sites is 1. The molecule has 0 amide bonds. The summed E-state index contributed by atoms with van der Waals surface area (Å²) >= 11 is 0. The molecule has 2 aromatic heterocycles. The van der Waals surface area contributed by atoms with Crippen molar-refractivity contribution in [2.45, 2.75) is 19.5 Å². The SMILES string of the molecule is COC(=O)CN.Cc1nccc(Cc2c(C(F)(F)F)c3ccccc3n(C)c2=O)c1F. The molecule has 0 aliphatic carbocycles. The molecule has 0 saturated heterocycles. The van der Waals surface area contributed by atoms with Gasteiger partial charge in [0.15, 0.2) is 0 Å². The van der Waals surface area contributed by atoms with E-state index in [1.165, 1.54) is 51.5 Å². The van der Waals surface area contributed by atoms with Gasteiger partial charge in [-0.3, -0.25) is 14.6 Å². The number of benzene rings is 1. The van der Waals surface area contributed by atoms with Gasteiger partial charge >= 0.3 is 12.1 Å². The number of carbonyl (C=O) groups is 1. The van der Waals surface area contributed by atoms with Crippen LogP contribution >= 0.6 is 0 Å². The Bertz CT molecular complexity index is 1150. The quantitative estimate of drug-likeness (QED) is 0.501. The molecule has 0 atom stereocenters. The van der Waals surface area contributed by atoms with Gasteiger partial charge in [-0.15, -0.1) is 0 Å². The molecule has 6 nitrogen and oxygen atoms in total. The summed E-state index contributed by atoms with van der Waals surface area (Å²) in [6, 6.07) is 7.09. The fourth-order valence-electron chi connectivity index (χ4n) is 3.06. The molecule has 0 bridgehead atoms. The predicted octanol–water partition coefficient (Wildman–Crippen LogP) is 3.11. The first-order valence-corrected chi connectivity index (χ1v) is 9.07. The Morgan fingerprint density at radius 1 is 1.23 bits per heavy atom. The molecule has 166 valence electrons. The number of nitrogens with two attached hydrogens (primary N) is 1. The number of aromatic nitrogens is 2. The molecule has 3 aromatic rings. The van der Waals surface area contributed by atoms with Crippen molar-refractivity contribution >= 4 is 16.9 Å². The van der Waals surface area contributed by atoms with Gasteiger partial charge in [-0.2, -0.15) is 13.2 Å².